The van der Waals surface area contributed by atoms with Gasteiger partial charge in [0.1, 0.15) is 0 Å². The maximum Gasteiger partial charge on any atom is 0.0713 e. The minimum Gasteiger partial charge on any atom is -0.298 e. The van der Waals surface area contributed by atoms with Crippen LogP contribution in [0.3, 0.4) is 0 Å². The normalized spacial score (nSPS) is 12.2. The maximum absolute atomic E-state index is 4.52. The van der Waals surface area contributed by atoms with E-state index in [4.69, 9.17) is 0 Å². The van der Waals surface area contributed by atoms with Crippen LogP contribution in [-0.2, 0) is 0 Å². The van der Waals surface area contributed by atoms with Gasteiger partial charge in [-0.15, -0.1) is 12.3 Å². The van der Waals surface area contributed by atoms with Crippen molar-refractivity contribution in [1.29, 1.82) is 0 Å². The van der Waals surface area contributed by atoms with E-state index >= 15 is 0 Å². The Hall–Kier alpha value is -0.373. The first-order chi connectivity index (χ1) is 9.12. The standard InChI is InChI=1S/C17H35NSi/c1-5-7-8-9-10-11-12-13-15-18-16-14-17-19(3,4)6-2/h6,16H,2,5,7-15,17H2,1,3-4H3. The smallest absolute Gasteiger partial charge is 0.0713 e. The molecule has 112 valence electrons. The second-order valence-corrected chi connectivity index (χ2v) is 11.2. The molecule has 0 aromatic carbocycles. The average Bonchev–Trinajstić information content (AvgIpc) is 2.40. The van der Waals surface area contributed by atoms with Crippen molar-refractivity contribution in [1.82, 2.24) is 0 Å². The first kappa shape index (κ1) is 18.6. The van der Waals surface area contributed by atoms with Crippen molar-refractivity contribution >= 4 is 14.3 Å². The molecule has 0 atom stereocenters. The van der Waals surface area contributed by atoms with Crippen molar-refractivity contribution in [3.05, 3.63) is 12.3 Å². The molecule has 0 fully saturated rings. The molecule has 0 saturated carbocycles. The van der Waals surface area contributed by atoms with Gasteiger partial charge in [-0.3, -0.25) is 4.99 Å². The lowest BCUT2D eigenvalue weighted by Crippen LogP contribution is -2.21. The number of hydrogen-bond acceptors (Lipinski definition) is 1. The van der Waals surface area contributed by atoms with Gasteiger partial charge in [0.15, 0.2) is 0 Å². The molecule has 0 rings (SSSR count). The van der Waals surface area contributed by atoms with Crippen LogP contribution in [0.4, 0.5) is 0 Å². The molecule has 0 amide bonds. The van der Waals surface area contributed by atoms with Crippen LogP contribution in [0, 0.1) is 0 Å². The molecule has 0 heterocycles. The number of nitrogens with zero attached hydrogens (tertiary/aromatic N) is 1. The third-order valence-electron chi connectivity index (χ3n) is 3.74. The molecule has 19 heavy (non-hydrogen) atoms. The van der Waals surface area contributed by atoms with Crippen molar-refractivity contribution in [2.24, 2.45) is 4.99 Å². The van der Waals surface area contributed by atoms with Crippen LogP contribution in [-0.4, -0.2) is 20.8 Å². The van der Waals surface area contributed by atoms with Gasteiger partial charge >= 0.3 is 0 Å². The second-order valence-electron chi connectivity index (χ2n) is 6.30. The molecule has 0 spiro atoms. The molecular weight excluding hydrogens is 246 g/mol. The zero-order valence-corrected chi connectivity index (χ0v) is 14.6. The van der Waals surface area contributed by atoms with Crippen LogP contribution >= 0.6 is 0 Å². The molecule has 2 heteroatoms. The van der Waals surface area contributed by atoms with Crippen molar-refractivity contribution in [2.75, 3.05) is 6.54 Å². The highest BCUT2D eigenvalue weighted by molar-refractivity contribution is 6.82. The van der Waals surface area contributed by atoms with Crippen LogP contribution in [0.15, 0.2) is 17.3 Å². The first-order valence-electron chi connectivity index (χ1n) is 8.24. The zero-order valence-electron chi connectivity index (χ0n) is 13.6. The van der Waals surface area contributed by atoms with Crippen molar-refractivity contribution in [3.8, 4) is 0 Å². The Kier molecular flexibility index (Phi) is 12.4. The fourth-order valence-electron chi connectivity index (χ4n) is 2.06. The lowest BCUT2D eigenvalue weighted by atomic mass is 10.1. The van der Waals surface area contributed by atoms with Crippen LogP contribution in [0.1, 0.15) is 64.7 Å². The third-order valence-corrected chi connectivity index (χ3v) is 6.42. The fourth-order valence-corrected chi connectivity index (χ4v) is 3.14. The van der Waals surface area contributed by atoms with Gasteiger partial charge in [0, 0.05) is 6.54 Å². The topological polar surface area (TPSA) is 12.4 Å². The Morgan fingerprint density at radius 2 is 1.53 bits per heavy atom. The van der Waals surface area contributed by atoms with E-state index in [1.807, 2.05) is 0 Å². The highest BCUT2D eigenvalue weighted by Gasteiger charge is 2.13. The summed E-state index contributed by atoms with van der Waals surface area (Å²) in [5.74, 6) is 0. The minimum atomic E-state index is -1.10. The lowest BCUT2D eigenvalue weighted by Gasteiger charge is -2.14. The summed E-state index contributed by atoms with van der Waals surface area (Å²) in [6.07, 6.45) is 14.3. The minimum absolute atomic E-state index is 1.03. The summed E-state index contributed by atoms with van der Waals surface area (Å²) < 4.78 is 0. The van der Waals surface area contributed by atoms with E-state index in [1.54, 1.807) is 0 Å². The number of hydrogen-bond donors (Lipinski definition) is 0. The van der Waals surface area contributed by atoms with Crippen LogP contribution < -0.4 is 0 Å². The van der Waals surface area contributed by atoms with E-state index in [0.717, 1.165) is 13.0 Å². The number of unbranched alkanes of at least 4 members (excludes halogenated alkanes) is 7. The fraction of sp³-hybridized carbons (Fsp3) is 0.824. The summed E-state index contributed by atoms with van der Waals surface area (Å²) >= 11 is 0. The molecular formula is C17H35NSi. The molecule has 0 bridgehead atoms. The van der Waals surface area contributed by atoms with Gasteiger partial charge in [-0.1, -0.05) is 65.0 Å². The molecule has 0 aliphatic carbocycles. The second kappa shape index (κ2) is 12.7. The summed E-state index contributed by atoms with van der Waals surface area (Å²) in [6, 6.07) is 1.29. The molecule has 0 aliphatic rings. The van der Waals surface area contributed by atoms with E-state index in [0.29, 0.717) is 0 Å². The Labute approximate surface area is 122 Å². The predicted octanol–water partition coefficient (Wildman–Crippen LogP) is 6.02. The van der Waals surface area contributed by atoms with Gasteiger partial charge in [0.2, 0.25) is 0 Å². The molecule has 0 aromatic heterocycles. The van der Waals surface area contributed by atoms with Gasteiger partial charge in [-0.2, -0.15) is 0 Å². The van der Waals surface area contributed by atoms with E-state index in [-0.39, 0.29) is 0 Å². The van der Waals surface area contributed by atoms with Gasteiger partial charge in [0.05, 0.1) is 8.07 Å². The van der Waals surface area contributed by atoms with Crippen molar-refractivity contribution in [2.45, 2.75) is 83.8 Å². The van der Waals surface area contributed by atoms with Gasteiger partial charge in [-0.25, -0.2) is 0 Å². The monoisotopic (exact) mass is 281 g/mol. The van der Waals surface area contributed by atoms with Crippen molar-refractivity contribution in [3.63, 3.8) is 0 Å². The van der Waals surface area contributed by atoms with E-state index in [9.17, 15) is 0 Å². The van der Waals surface area contributed by atoms with Crippen LogP contribution in [0.25, 0.3) is 0 Å². The van der Waals surface area contributed by atoms with Crippen LogP contribution in [0.2, 0.25) is 19.1 Å². The predicted molar refractivity (Wildman–Crippen MR) is 93.1 cm³/mol. The Morgan fingerprint density at radius 1 is 0.947 bits per heavy atom. The first-order valence-corrected chi connectivity index (χ1v) is 11.5. The average molecular weight is 282 g/mol. The SMILES string of the molecule is C=C[Si](C)(C)CCC=NCCCCCCCCCC. The van der Waals surface area contributed by atoms with Gasteiger partial charge in [-0.05, 0) is 25.1 Å². The third kappa shape index (κ3) is 13.9. The lowest BCUT2D eigenvalue weighted by molar-refractivity contribution is 0.578. The summed E-state index contributed by atoms with van der Waals surface area (Å²) in [5, 5.41) is 0. The number of aliphatic imine (C=N–C) groups is 1. The van der Waals surface area contributed by atoms with E-state index in [1.165, 1.54) is 57.4 Å². The summed E-state index contributed by atoms with van der Waals surface area (Å²) in [4.78, 5) is 4.52. The summed E-state index contributed by atoms with van der Waals surface area (Å²) in [5.41, 5.74) is 2.18. The molecule has 0 N–H and O–H groups in total. The van der Waals surface area contributed by atoms with E-state index in [2.05, 4.69) is 43.5 Å². The van der Waals surface area contributed by atoms with Crippen LogP contribution in [0.5, 0.6) is 0 Å². The highest BCUT2D eigenvalue weighted by Crippen LogP contribution is 2.11. The van der Waals surface area contributed by atoms with E-state index < -0.39 is 8.07 Å². The molecule has 0 aliphatic heterocycles. The molecule has 0 saturated heterocycles. The van der Waals surface area contributed by atoms with Crippen molar-refractivity contribution < 1.29 is 0 Å². The Morgan fingerprint density at radius 3 is 2.11 bits per heavy atom. The Bertz CT molecular complexity index is 233. The summed E-state index contributed by atoms with van der Waals surface area (Å²) in [7, 11) is -1.10. The quantitative estimate of drug-likeness (QED) is 0.222. The zero-order chi connectivity index (χ0) is 14.4. The Balaban J connectivity index is 3.24. The molecule has 1 nitrogen and oxygen atoms in total. The molecule has 0 aromatic rings. The molecule has 0 unspecified atom stereocenters. The largest absolute Gasteiger partial charge is 0.298 e. The molecule has 0 radical (unpaired) electrons. The highest BCUT2D eigenvalue weighted by atomic mass is 28.3. The maximum atomic E-state index is 4.52. The van der Waals surface area contributed by atoms with Gasteiger partial charge < -0.3 is 0 Å². The number of rotatable bonds is 13. The summed E-state index contributed by atoms with van der Waals surface area (Å²) in [6.45, 7) is 12.0. The van der Waals surface area contributed by atoms with Gasteiger partial charge in [0.25, 0.3) is 0 Å².